The van der Waals surface area contributed by atoms with Gasteiger partial charge in [-0.3, -0.25) is 0 Å². The summed E-state index contributed by atoms with van der Waals surface area (Å²) in [5, 5.41) is 3.96. The molecule has 0 saturated carbocycles. The van der Waals surface area contributed by atoms with Gasteiger partial charge in [0.2, 0.25) is 0 Å². The van der Waals surface area contributed by atoms with Gasteiger partial charge in [0.1, 0.15) is 0 Å². The number of rotatable bonds is 6. The lowest BCUT2D eigenvalue weighted by molar-refractivity contribution is 0.773. The van der Waals surface area contributed by atoms with Gasteiger partial charge in [-0.1, -0.05) is 176 Å². The van der Waals surface area contributed by atoms with E-state index in [4.69, 9.17) is 4.11 Å². The number of nitrogens with zero attached hydrogens (tertiary/aromatic N) is 2. The molecule has 10 aromatic carbocycles. The summed E-state index contributed by atoms with van der Waals surface area (Å²) in [5.74, 6) is 0. The summed E-state index contributed by atoms with van der Waals surface area (Å²) in [4.78, 5) is 2.26. The first-order chi connectivity index (χ1) is 32.2. The maximum Gasteiger partial charge on any atom is 0.0734 e. The number of para-hydroxylation sites is 4. The van der Waals surface area contributed by atoms with Crippen LogP contribution in [0.2, 0.25) is 0 Å². The molecule has 0 spiro atoms. The normalized spacial score (nSPS) is 16.2. The largest absolute Gasteiger partial charge is 0.310 e. The first-order valence-corrected chi connectivity index (χ1v) is 19.9. The van der Waals surface area contributed by atoms with E-state index in [1.54, 1.807) is 0 Å². The summed E-state index contributed by atoms with van der Waals surface area (Å²) < 4.78 is 67.8. The molecule has 0 radical (unpaired) electrons. The quantitative estimate of drug-likeness (QED) is 0.164. The van der Waals surface area contributed by atoms with Crippen LogP contribution in [0, 0.1) is 0 Å². The fraction of sp³-hybridized carbons (Fsp3) is 0.0175. The van der Waals surface area contributed by atoms with Crippen LogP contribution in [0.15, 0.2) is 230 Å². The Bertz CT molecular complexity index is 3800. The van der Waals surface area contributed by atoms with Crippen LogP contribution in [-0.2, 0) is 5.41 Å². The van der Waals surface area contributed by atoms with Crippen LogP contribution in [-0.4, -0.2) is 4.57 Å². The third-order valence-corrected chi connectivity index (χ3v) is 12.0. The summed E-state index contributed by atoms with van der Waals surface area (Å²) in [6.45, 7) is 0. The van der Waals surface area contributed by atoms with Crippen molar-refractivity contribution in [3.8, 4) is 16.8 Å². The molecule has 59 heavy (non-hydrogen) atoms. The highest BCUT2D eigenvalue weighted by molar-refractivity contribution is 6.12. The second kappa shape index (κ2) is 13.2. The molecule has 0 bridgehead atoms. The van der Waals surface area contributed by atoms with Gasteiger partial charge < -0.3 is 9.47 Å². The van der Waals surface area contributed by atoms with Crippen LogP contribution in [0.4, 0.5) is 17.1 Å². The highest BCUT2D eigenvalue weighted by Gasteiger charge is 2.48. The summed E-state index contributed by atoms with van der Waals surface area (Å²) >= 11 is 0. The number of fused-ring (bicyclic) bond motifs is 8. The topological polar surface area (TPSA) is 8.17 Å². The molecule has 2 nitrogen and oxygen atoms in total. The minimum atomic E-state index is -1.45. The summed E-state index contributed by atoms with van der Waals surface area (Å²) in [6.07, 6.45) is 0. The molecule has 276 valence electrons. The summed E-state index contributed by atoms with van der Waals surface area (Å²) in [7, 11) is 0. The zero-order valence-corrected chi connectivity index (χ0v) is 31.8. The molecule has 1 aromatic heterocycles. The lowest BCUT2D eigenvalue weighted by Gasteiger charge is -2.35. The first kappa shape index (κ1) is 27.0. The highest BCUT2D eigenvalue weighted by Crippen LogP contribution is 2.59. The lowest BCUT2D eigenvalue weighted by atomic mass is 9.67. The van der Waals surface area contributed by atoms with Crippen LogP contribution < -0.4 is 4.90 Å². The zero-order chi connectivity index (χ0) is 45.0. The van der Waals surface area contributed by atoms with Crippen LogP contribution in [0.5, 0.6) is 0 Å². The minimum Gasteiger partial charge on any atom is -0.310 e. The fourth-order valence-electron chi connectivity index (χ4n) is 9.65. The monoisotopic (exact) mass is 757 g/mol. The molecule has 11 aromatic rings. The number of hydrogen-bond donors (Lipinski definition) is 0. The van der Waals surface area contributed by atoms with Crippen molar-refractivity contribution in [2.24, 2.45) is 0 Å². The summed E-state index contributed by atoms with van der Waals surface area (Å²) in [6, 6.07) is 61.4. The van der Waals surface area contributed by atoms with Crippen molar-refractivity contribution in [3.63, 3.8) is 0 Å². The standard InChI is InChI=1S/C57H38N2/c1-3-21-43(22-4-1)58(54-32-15-20-40-18-9-10-25-46(40)54)45-35-36-52-50(38-45)47-26-11-13-29-51(47)57(52,42-34-33-39-17-7-8-19-41(39)37-42)53-30-16-28-49-48-27-12-14-31-55(48)59(56(49)53)44-23-5-2-6-24-44/h1-38H/i7D,8D,17D,19D,33D,34D,37D. The van der Waals surface area contributed by atoms with Crippen LogP contribution >= 0.6 is 0 Å². The van der Waals surface area contributed by atoms with Crippen molar-refractivity contribution in [1.29, 1.82) is 0 Å². The van der Waals surface area contributed by atoms with E-state index in [0.717, 1.165) is 83.1 Å². The molecule has 1 heterocycles. The van der Waals surface area contributed by atoms with Gasteiger partial charge in [-0.05, 0) is 104 Å². The predicted molar refractivity (Wildman–Crippen MR) is 248 cm³/mol. The van der Waals surface area contributed by atoms with Gasteiger partial charge in [0.15, 0.2) is 0 Å². The van der Waals surface area contributed by atoms with E-state index in [1.807, 2.05) is 72.8 Å². The number of benzene rings is 10. The zero-order valence-electron chi connectivity index (χ0n) is 38.8. The molecule has 1 aliphatic carbocycles. The second-order valence-corrected chi connectivity index (χ2v) is 15.1. The Balaban J connectivity index is 1.27. The maximum absolute atomic E-state index is 10.3. The Labute approximate surface area is 353 Å². The first-order valence-electron chi connectivity index (χ1n) is 23.4. The molecule has 0 aliphatic heterocycles. The van der Waals surface area contributed by atoms with Crippen molar-refractivity contribution < 1.29 is 9.60 Å². The Morgan fingerprint density at radius 3 is 1.98 bits per heavy atom. The van der Waals surface area contributed by atoms with Crippen molar-refractivity contribution in [2.45, 2.75) is 5.41 Å². The third kappa shape index (κ3) is 4.93. The van der Waals surface area contributed by atoms with Gasteiger partial charge in [-0.25, -0.2) is 0 Å². The minimum absolute atomic E-state index is 0.0825. The maximum atomic E-state index is 10.3. The van der Waals surface area contributed by atoms with Crippen molar-refractivity contribution in [1.82, 2.24) is 4.57 Å². The van der Waals surface area contributed by atoms with Gasteiger partial charge in [0, 0.05) is 33.2 Å². The van der Waals surface area contributed by atoms with E-state index < -0.39 is 29.6 Å². The van der Waals surface area contributed by atoms with Crippen molar-refractivity contribution in [2.75, 3.05) is 4.90 Å². The van der Waals surface area contributed by atoms with E-state index in [-0.39, 0.29) is 34.5 Å². The fourth-order valence-corrected chi connectivity index (χ4v) is 9.65. The Morgan fingerprint density at radius 1 is 0.441 bits per heavy atom. The summed E-state index contributed by atoms with van der Waals surface area (Å²) in [5.41, 5.74) is 8.47. The van der Waals surface area contributed by atoms with Gasteiger partial charge in [0.25, 0.3) is 0 Å². The van der Waals surface area contributed by atoms with Crippen molar-refractivity contribution in [3.05, 3.63) is 253 Å². The Kier molecular flexibility index (Phi) is 6.05. The average molecular weight is 758 g/mol. The van der Waals surface area contributed by atoms with Gasteiger partial charge in [-0.15, -0.1) is 0 Å². The molecule has 2 heteroatoms. The van der Waals surface area contributed by atoms with Crippen LogP contribution in [0.1, 0.15) is 31.8 Å². The molecule has 12 rings (SSSR count). The number of anilines is 3. The number of aromatic nitrogens is 1. The van der Waals surface area contributed by atoms with E-state index in [9.17, 15) is 5.48 Å². The Morgan fingerprint density at radius 2 is 1.10 bits per heavy atom. The SMILES string of the molecule is [2H]c1c([2H])c([2H])c2c([2H])c(C3(c4cccc5c6ccccc6n(-c6ccccc6)c45)c4ccccc4-c4cc(N(c5ccccc5)c5cccc6ccccc56)ccc43)c([2H])c([2H])c2c1[2H]. The lowest BCUT2D eigenvalue weighted by Crippen LogP contribution is -2.29. The van der Waals surface area contributed by atoms with E-state index in [0.29, 0.717) is 0 Å². The van der Waals surface area contributed by atoms with Crippen LogP contribution in [0.25, 0.3) is 60.2 Å². The molecule has 0 saturated heterocycles. The van der Waals surface area contributed by atoms with E-state index in [1.165, 1.54) is 0 Å². The van der Waals surface area contributed by atoms with Crippen molar-refractivity contribution >= 4 is 60.4 Å². The molecular formula is C57H38N2. The van der Waals surface area contributed by atoms with Crippen LogP contribution in [0.3, 0.4) is 0 Å². The Hall–Kier alpha value is -7.68. The highest BCUT2D eigenvalue weighted by atomic mass is 15.1. The van der Waals surface area contributed by atoms with Gasteiger partial charge in [-0.2, -0.15) is 0 Å². The molecule has 1 atom stereocenters. The number of hydrogen-bond acceptors (Lipinski definition) is 1. The molecule has 0 fully saturated rings. The molecule has 0 N–H and O–H groups in total. The smallest absolute Gasteiger partial charge is 0.0734 e. The second-order valence-electron chi connectivity index (χ2n) is 15.1. The van der Waals surface area contributed by atoms with Gasteiger partial charge in [0.05, 0.1) is 31.7 Å². The van der Waals surface area contributed by atoms with E-state index in [2.05, 4.69) is 125 Å². The molecular weight excluding hydrogens is 713 g/mol. The molecule has 1 aliphatic rings. The van der Waals surface area contributed by atoms with Gasteiger partial charge >= 0.3 is 0 Å². The predicted octanol–water partition coefficient (Wildman–Crippen LogP) is 14.9. The average Bonchev–Trinajstić information content (AvgIpc) is 3.85. The third-order valence-electron chi connectivity index (χ3n) is 12.0. The van der Waals surface area contributed by atoms with E-state index >= 15 is 0 Å². The molecule has 0 amide bonds. The molecule has 1 unspecified atom stereocenters.